The summed E-state index contributed by atoms with van der Waals surface area (Å²) >= 11 is 1.68. The molecule has 0 spiro atoms. The number of carbonyl (C=O) groups is 1. The Hall–Kier alpha value is -3.28. The number of piperidine rings is 1. The summed E-state index contributed by atoms with van der Waals surface area (Å²) in [6.07, 6.45) is 6.57. The predicted octanol–water partition coefficient (Wildman–Crippen LogP) is 3.52. The Bertz CT molecular complexity index is 1470. The van der Waals surface area contributed by atoms with Gasteiger partial charge < -0.3 is 15.1 Å². The van der Waals surface area contributed by atoms with Gasteiger partial charge in [0.05, 0.1) is 31.0 Å². The lowest BCUT2D eigenvalue weighted by molar-refractivity contribution is -0.0612. The number of benzene rings is 1. The molecule has 2 fully saturated rings. The number of hydrazone groups is 1. The van der Waals surface area contributed by atoms with Crippen molar-refractivity contribution in [1.29, 1.82) is 0 Å². The monoisotopic (exact) mass is 574 g/mol. The summed E-state index contributed by atoms with van der Waals surface area (Å²) in [6, 6.07) is 8.41. The molecule has 2 N–H and O–H groups in total. The van der Waals surface area contributed by atoms with Gasteiger partial charge in [-0.1, -0.05) is 13.8 Å². The van der Waals surface area contributed by atoms with E-state index in [-0.39, 0.29) is 11.3 Å². The maximum absolute atomic E-state index is 14.0. The van der Waals surface area contributed by atoms with Crippen LogP contribution < -0.4 is 10.7 Å². The molecule has 2 aromatic heterocycles. The van der Waals surface area contributed by atoms with Crippen molar-refractivity contribution < 1.29 is 9.53 Å². The average molecular weight is 575 g/mol. The van der Waals surface area contributed by atoms with Crippen LogP contribution in [0.2, 0.25) is 0 Å². The van der Waals surface area contributed by atoms with Gasteiger partial charge in [-0.15, -0.1) is 22.0 Å². The molecule has 216 valence electrons. The van der Waals surface area contributed by atoms with Crippen LogP contribution in [0.5, 0.6) is 0 Å². The zero-order valence-corrected chi connectivity index (χ0v) is 24.9. The molecule has 0 radical (unpaired) electrons. The van der Waals surface area contributed by atoms with E-state index < -0.39 is 0 Å². The third kappa shape index (κ3) is 5.50. The maximum Gasteiger partial charge on any atom is 0.260 e. The van der Waals surface area contributed by atoms with Crippen molar-refractivity contribution in [3.8, 4) is 0 Å². The Balaban J connectivity index is 1.34. The number of fused-ring (bicyclic) bond motifs is 1. The fraction of sp³-hybridized carbons (Fsp3) is 0.500. The second-order valence-corrected chi connectivity index (χ2v) is 12.9. The standard InChI is InChI=1S/C30H38N8O2S/c1-4-41-28-11-23(30(17-40-18-30)12-27-35-33-19-36(27)3)10-26(34-28)38-16-25-22(13-32-31)8-21(9-24(25)29(38)39)15-37-7-5-6-20(2)14-37/h8-11,13,19-20H,4-7,12,14-18,31H2,1-3H3/t20-/m0/s1. The van der Waals surface area contributed by atoms with Gasteiger partial charge >= 0.3 is 0 Å². The fourth-order valence-electron chi connectivity index (χ4n) is 6.31. The summed E-state index contributed by atoms with van der Waals surface area (Å²) in [4.78, 5) is 23.2. The molecule has 0 aliphatic carbocycles. The molecule has 1 amide bonds. The predicted molar refractivity (Wildman–Crippen MR) is 160 cm³/mol. The summed E-state index contributed by atoms with van der Waals surface area (Å²) in [5.41, 5.74) is 4.53. The van der Waals surface area contributed by atoms with Crippen LogP contribution in [0.1, 0.15) is 65.1 Å². The van der Waals surface area contributed by atoms with E-state index in [4.69, 9.17) is 15.6 Å². The number of likely N-dealkylation sites (tertiary alicyclic amines) is 1. The van der Waals surface area contributed by atoms with Crippen LogP contribution in [-0.4, -0.2) is 68.8 Å². The number of aryl methyl sites for hydroxylation is 1. The Morgan fingerprint density at radius 3 is 2.80 bits per heavy atom. The third-order valence-electron chi connectivity index (χ3n) is 8.52. The number of hydrogen-bond acceptors (Lipinski definition) is 9. The first kappa shape index (κ1) is 27.9. The van der Waals surface area contributed by atoms with Crippen LogP contribution in [0.3, 0.4) is 0 Å². The van der Waals surface area contributed by atoms with Gasteiger partial charge in [-0.05, 0) is 72.0 Å². The van der Waals surface area contributed by atoms with Crippen LogP contribution in [0.25, 0.3) is 0 Å². The van der Waals surface area contributed by atoms with Crippen molar-refractivity contribution in [3.05, 3.63) is 64.2 Å². The second kappa shape index (κ2) is 11.5. The quantitative estimate of drug-likeness (QED) is 0.179. The molecule has 0 bridgehead atoms. The molecular weight excluding hydrogens is 536 g/mol. The van der Waals surface area contributed by atoms with Crippen molar-refractivity contribution in [2.45, 2.75) is 56.6 Å². The molecule has 0 unspecified atom stereocenters. The van der Waals surface area contributed by atoms with Gasteiger partial charge in [0, 0.05) is 43.1 Å². The van der Waals surface area contributed by atoms with Gasteiger partial charge in [0.2, 0.25) is 0 Å². The first-order valence-corrected chi connectivity index (χ1v) is 15.4. The number of carbonyl (C=O) groups excluding carboxylic acids is 1. The molecule has 11 heteroatoms. The maximum atomic E-state index is 14.0. The lowest BCUT2D eigenvalue weighted by atomic mass is 9.76. The molecule has 0 saturated carbocycles. The zero-order chi connectivity index (χ0) is 28.6. The minimum Gasteiger partial charge on any atom is -0.379 e. The van der Waals surface area contributed by atoms with Crippen molar-refractivity contribution in [2.75, 3.05) is 37.0 Å². The van der Waals surface area contributed by atoms with Gasteiger partial charge in [-0.2, -0.15) is 5.10 Å². The van der Waals surface area contributed by atoms with E-state index in [1.165, 1.54) is 12.8 Å². The number of hydrogen-bond donors (Lipinski definition) is 1. The highest BCUT2D eigenvalue weighted by atomic mass is 32.2. The summed E-state index contributed by atoms with van der Waals surface area (Å²) in [7, 11) is 1.96. The molecule has 2 saturated heterocycles. The van der Waals surface area contributed by atoms with Gasteiger partial charge in [0.1, 0.15) is 18.0 Å². The highest BCUT2D eigenvalue weighted by Gasteiger charge is 2.43. The molecule has 3 aliphatic heterocycles. The lowest BCUT2D eigenvalue weighted by Gasteiger charge is -2.42. The number of nitrogens with two attached hydrogens (primary N) is 1. The first-order valence-electron chi connectivity index (χ1n) is 14.4. The Labute approximate surface area is 245 Å². The smallest absolute Gasteiger partial charge is 0.260 e. The molecule has 3 aliphatic rings. The number of thioether (sulfide) groups is 1. The van der Waals surface area contributed by atoms with Gasteiger partial charge in [-0.25, -0.2) is 4.98 Å². The molecule has 10 nitrogen and oxygen atoms in total. The SMILES string of the molecule is CCSc1cc(C2(Cc3nncn3C)COC2)cc(N2Cc3c(C=NN)cc(CN4CCC[C@H](C)C4)cc3C2=O)n1. The van der Waals surface area contributed by atoms with E-state index in [2.05, 4.69) is 58.3 Å². The van der Waals surface area contributed by atoms with Crippen LogP contribution >= 0.6 is 11.8 Å². The number of ether oxygens (including phenoxy) is 1. The highest BCUT2D eigenvalue weighted by Crippen LogP contribution is 2.40. The number of anilines is 1. The molecular formula is C30H38N8O2S. The van der Waals surface area contributed by atoms with E-state index in [9.17, 15) is 4.79 Å². The number of rotatable bonds is 9. The molecule has 6 rings (SSSR count). The molecule has 41 heavy (non-hydrogen) atoms. The third-order valence-corrected chi connectivity index (χ3v) is 9.32. The van der Waals surface area contributed by atoms with Crippen LogP contribution in [0.4, 0.5) is 5.82 Å². The molecule has 5 heterocycles. The van der Waals surface area contributed by atoms with Gasteiger partial charge in [-0.3, -0.25) is 14.6 Å². The average Bonchev–Trinajstić information content (AvgIpc) is 3.49. The lowest BCUT2D eigenvalue weighted by Crippen LogP contribution is -2.49. The normalized spacial score (nSPS) is 20.5. The summed E-state index contributed by atoms with van der Waals surface area (Å²) in [6.45, 7) is 8.99. The van der Waals surface area contributed by atoms with E-state index in [0.29, 0.717) is 43.5 Å². The second-order valence-electron chi connectivity index (χ2n) is 11.7. The zero-order valence-electron chi connectivity index (χ0n) is 24.0. The molecule has 1 atom stereocenters. The summed E-state index contributed by atoms with van der Waals surface area (Å²) in [5, 5.41) is 13.1. The topological polar surface area (TPSA) is 115 Å². The summed E-state index contributed by atoms with van der Waals surface area (Å²) in [5.74, 6) is 8.71. The van der Waals surface area contributed by atoms with E-state index in [1.807, 2.05) is 11.6 Å². The van der Waals surface area contributed by atoms with E-state index in [0.717, 1.165) is 58.5 Å². The largest absolute Gasteiger partial charge is 0.379 e. The van der Waals surface area contributed by atoms with Gasteiger partial charge in [0.15, 0.2) is 0 Å². The van der Waals surface area contributed by atoms with Crippen molar-refractivity contribution >= 4 is 29.7 Å². The van der Waals surface area contributed by atoms with Gasteiger partial charge in [0.25, 0.3) is 5.91 Å². The van der Waals surface area contributed by atoms with Crippen molar-refractivity contribution in [2.24, 2.45) is 23.9 Å². The Morgan fingerprint density at radius 2 is 2.12 bits per heavy atom. The van der Waals surface area contributed by atoms with E-state index in [1.54, 1.807) is 29.2 Å². The summed E-state index contributed by atoms with van der Waals surface area (Å²) < 4.78 is 7.70. The molecule has 3 aromatic rings. The number of nitrogens with zero attached hydrogens (tertiary/aromatic N) is 7. The van der Waals surface area contributed by atoms with Crippen molar-refractivity contribution in [1.82, 2.24) is 24.6 Å². The number of pyridine rings is 1. The Kier molecular flexibility index (Phi) is 7.84. The number of amides is 1. The molecule has 1 aromatic carbocycles. The van der Waals surface area contributed by atoms with Crippen LogP contribution in [-0.2, 0) is 36.7 Å². The fourth-order valence-corrected chi connectivity index (χ4v) is 6.97. The minimum absolute atomic E-state index is 0.0372. The Morgan fingerprint density at radius 1 is 1.27 bits per heavy atom. The van der Waals surface area contributed by atoms with Crippen LogP contribution in [0, 0.1) is 5.92 Å². The van der Waals surface area contributed by atoms with E-state index >= 15 is 0 Å². The van der Waals surface area contributed by atoms with Crippen LogP contribution in [0.15, 0.2) is 40.7 Å². The highest BCUT2D eigenvalue weighted by molar-refractivity contribution is 7.99. The van der Waals surface area contributed by atoms with Crippen molar-refractivity contribution in [3.63, 3.8) is 0 Å². The minimum atomic E-state index is -0.243. The first-order chi connectivity index (χ1) is 19.9. The number of aromatic nitrogens is 4.